The van der Waals surface area contributed by atoms with Crippen LogP contribution in [-0.4, -0.2) is 108 Å². The molecule has 2 fully saturated rings. The Morgan fingerprint density at radius 1 is 0.755 bits per heavy atom. The Bertz CT molecular complexity index is 1810. The SMILES string of the molecule is COc1cc(Cl)cc(C=O)c1O.COc1cc(Cl)cc(CN2CCN(c3cc(=O)[nH]cn3)CC2)c1O.O=c1cc(N2CCNCC2)nc[nH]1. The third kappa shape index (κ3) is 10.6. The number of H-pyrrole nitrogens is 2. The van der Waals surface area contributed by atoms with Crippen LogP contribution in [-0.2, 0) is 6.54 Å². The minimum Gasteiger partial charge on any atom is -0.504 e. The quantitative estimate of drug-likeness (QED) is 0.176. The molecule has 17 heteroatoms. The highest BCUT2D eigenvalue weighted by atomic mass is 35.5. The van der Waals surface area contributed by atoms with E-state index >= 15 is 0 Å². The maximum atomic E-state index is 11.4. The van der Waals surface area contributed by atoms with Crippen LogP contribution in [0.4, 0.5) is 11.6 Å². The summed E-state index contributed by atoms with van der Waals surface area (Å²) < 4.78 is 9.91. The standard InChI is InChI=1S/C16H19ClN4O3.C8H7ClO3.C8H12N4O/c1-24-13-7-12(17)6-11(16(13)23)9-20-2-4-21(5-3-20)14-8-15(22)19-10-18-14;1-12-7-3-6(9)2-5(4-10)8(7)11;13-8-5-7(10-6-11-8)12-3-1-9-2-4-12/h6-8,10,23H,2-5,9H2,1H3,(H,18,19,22);2-4,11H,1H3;5-6,9H,1-4H2,(H,10,11,13). The van der Waals surface area contributed by atoms with Gasteiger partial charge < -0.3 is 44.8 Å². The van der Waals surface area contributed by atoms with Crippen LogP contribution in [0.2, 0.25) is 10.0 Å². The molecular weight excluding hydrogens is 679 g/mol. The number of phenols is 2. The summed E-state index contributed by atoms with van der Waals surface area (Å²) in [5.41, 5.74) is 0.614. The maximum absolute atomic E-state index is 11.4. The van der Waals surface area contributed by atoms with Gasteiger partial charge in [-0.1, -0.05) is 23.2 Å². The van der Waals surface area contributed by atoms with Gasteiger partial charge >= 0.3 is 0 Å². The van der Waals surface area contributed by atoms with Crippen molar-refractivity contribution in [3.8, 4) is 23.0 Å². The van der Waals surface area contributed by atoms with E-state index in [2.05, 4.69) is 40.0 Å². The third-order valence-electron chi connectivity index (χ3n) is 7.61. The number of carbonyl (C=O) groups is 1. The lowest BCUT2D eigenvalue weighted by Gasteiger charge is -2.35. The van der Waals surface area contributed by atoms with Crippen molar-refractivity contribution < 1.29 is 24.5 Å². The van der Waals surface area contributed by atoms with E-state index in [1.807, 2.05) is 0 Å². The second-order valence-corrected chi connectivity index (χ2v) is 11.7. The Morgan fingerprint density at radius 2 is 1.27 bits per heavy atom. The minimum absolute atomic E-state index is 0.0940. The van der Waals surface area contributed by atoms with Crippen molar-refractivity contribution in [3.63, 3.8) is 0 Å². The first-order valence-corrected chi connectivity index (χ1v) is 16.0. The molecule has 2 aliphatic heterocycles. The number of nitrogens with zero attached hydrogens (tertiary/aromatic N) is 5. The van der Waals surface area contributed by atoms with Gasteiger partial charge in [0, 0.05) is 98.8 Å². The number of nitrogens with one attached hydrogen (secondary N) is 3. The zero-order chi connectivity index (χ0) is 35.3. The van der Waals surface area contributed by atoms with E-state index in [1.165, 1.54) is 51.1 Å². The zero-order valence-electron chi connectivity index (χ0n) is 27.0. The molecule has 5 N–H and O–H groups in total. The number of phenolic OH excluding ortho intramolecular Hbond substituents is 2. The summed E-state index contributed by atoms with van der Waals surface area (Å²) in [6.07, 6.45) is 3.38. The molecule has 2 saturated heterocycles. The van der Waals surface area contributed by atoms with Gasteiger partial charge in [0.25, 0.3) is 11.1 Å². The van der Waals surface area contributed by atoms with Crippen LogP contribution in [0.1, 0.15) is 15.9 Å². The number of piperazine rings is 2. The van der Waals surface area contributed by atoms with Gasteiger partial charge in [-0.3, -0.25) is 19.3 Å². The van der Waals surface area contributed by atoms with Crippen molar-refractivity contribution in [1.29, 1.82) is 0 Å². The van der Waals surface area contributed by atoms with Gasteiger partial charge in [-0.25, -0.2) is 9.97 Å². The average Bonchev–Trinajstić information content (AvgIpc) is 3.11. The number of halogens is 2. The molecule has 0 aliphatic carbocycles. The predicted octanol–water partition coefficient (Wildman–Crippen LogP) is 2.51. The minimum atomic E-state index is -0.183. The van der Waals surface area contributed by atoms with Crippen LogP contribution in [0.25, 0.3) is 0 Å². The smallest absolute Gasteiger partial charge is 0.252 e. The highest BCUT2D eigenvalue weighted by Gasteiger charge is 2.20. The van der Waals surface area contributed by atoms with Crippen LogP contribution in [0, 0.1) is 0 Å². The molecule has 0 radical (unpaired) electrons. The molecule has 2 aromatic carbocycles. The number of ether oxygens (including phenoxy) is 2. The van der Waals surface area contributed by atoms with Gasteiger partial charge in [0.05, 0.1) is 32.4 Å². The molecular formula is C32H38Cl2N8O7. The zero-order valence-corrected chi connectivity index (χ0v) is 28.5. The van der Waals surface area contributed by atoms with E-state index in [1.54, 1.807) is 12.1 Å². The van der Waals surface area contributed by atoms with Crippen molar-refractivity contribution in [2.45, 2.75) is 6.54 Å². The number of aromatic nitrogens is 4. The Kier molecular flexibility index (Phi) is 13.6. The summed E-state index contributed by atoms with van der Waals surface area (Å²) in [4.78, 5) is 52.5. The Labute approximate surface area is 292 Å². The number of aromatic hydroxyl groups is 2. The number of anilines is 2. The molecule has 0 saturated carbocycles. The van der Waals surface area contributed by atoms with Crippen LogP contribution in [0.15, 0.2) is 58.6 Å². The number of rotatable bonds is 7. The fourth-order valence-electron chi connectivity index (χ4n) is 5.08. The lowest BCUT2D eigenvalue weighted by Crippen LogP contribution is -2.46. The molecule has 49 heavy (non-hydrogen) atoms. The first-order valence-electron chi connectivity index (χ1n) is 15.2. The summed E-state index contributed by atoms with van der Waals surface area (Å²) >= 11 is 11.7. The molecule has 4 heterocycles. The van der Waals surface area contributed by atoms with Crippen molar-refractivity contribution in [2.24, 2.45) is 0 Å². The lowest BCUT2D eigenvalue weighted by molar-refractivity contribution is 0.112. The number of methoxy groups -OCH3 is 2. The highest BCUT2D eigenvalue weighted by Crippen LogP contribution is 2.34. The second kappa shape index (κ2) is 18.1. The molecule has 0 unspecified atom stereocenters. The monoisotopic (exact) mass is 716 g/mol. The normalized spacial score (nSPS) is 14.5. The topological polar surface area (TPSA) is 189 Å². The van der Waals surface area contributed by atoms with Gasteiger partial charge in [0.2, 0.25) is 0 Å². The molecule has 262 valence electrons. The number of carbonyl (C=O) groups excluding carboxylic acids is 1. The number of hydrogen-bond donors (Lipinski definition) is 5. The average molecular weight is 718 g/mol. The number of benzene rings is 2. The van der Waals surface area contributed by atoms with E-state index in [9.17, 15) is 24.6 Å². The molecule has 0 bridgehead atoms. The highest BCUT2D eigenvalue weighted by molar-refractivity contribution is 6.31. The maximum Gasteiger partial charge on any atom is 0.252 e. The second-order valence-electron chi connectivity index (χ2n) is 10.8. The fraction of sp³-hybridized carbons (Fsp3) is 0.344. The molecule has 2 aromatic heterocycles. The van der Waals surface area contributed by atoms with Crippen LogP contribution in [0.3, 0.4) is 0 Å². The summed E-state index contributed by atoms with van der Waals surface area (Å²) in [5, 5.41) is 23.7. The van der Waals surface area contributed by atoms with Gasteiger partial charge in [-0.05, 0) is 12.1 Å². The van der Waals surface area contributed by atoms with Gasteiger partial charge in [-0.2, -0.15) is 0 Å². The molecule has 6 rings (SSSR count). The molecule has 0 amide bonds. The Morgan fingerprint density at radius 3 is 1.78 bits per heavy atom. The summed E-state index contributed by atoms with van der Waals surface area (Å²) in [5.74, 6) is 1.97. The van der Waals surface area contributed by atoms with Crippen LogP contribution >= 0.6 is 23.2 Å². The van der Waals surface area contributed by atoms with Crippen molar-refractivity contribution in [1.82, 2.24) is 30.2 Å². The van der Waals surface area contributed by atoms with Crippen LogP contribution < -0.4 is 35.7 Å². The summed E-state index contributed by atoms with van der Waals surface area (Å²) in [6.45, 7) is 7.42. The first-order chi connectivity index (χ1) is 23.6. The Balaban J connectivity index is 0.000000182. The molecule has 15 nitrogen and oxygen atoms in total. The molecule has 0 atom stereocenters. The van der Waals surface area contributed by atoms with E-state index in [0.717, 1.165) is 63.7 Å². The van der Waals surface area contributed by atoms with Gasteiger partial charge in [-0.15, -0.1) is 0 Å². The summed E-state index contributed by atoms with van der Waals surface area (Å²) in [6, 6.07) is 9.19. The number of aldehydes is 1. The first kappa shape index (κ1) is 37.0. The van der Waals surface area contributed by atoms with Crippen molar-refractivity contribution in [2.75, 3.05) is 76.4 Å². The van der Waals surface area contributed by atoms with E-state index in [-0.39, 0.29) is 33.9 Å². The lowest BCUT2D eigenvalue weighted by atomic mass is 10.1. The molecule has 4 aromatic rings. The third-order valence-corrected chi connectivity index (χ3v) is 8.05. The van der Waals surface area contributed by atoms with Gasteiger partial charge in [0.15, 0.2) is 29.3 Å². The largest absolute Gasteiger partial charge is 0.504 e. The molecule has 0 spiro atoms. The van der Waals surface area contributed by atoms with Crippen LogP contribution in [0.5, 0.6) is 23.0 Å². The summed E-state index contributed by atoms with van der Waals surface area (Å²) in [7, 11) is 2.89. The fourth-order valence-corrected chi connectivity index (χ4v) is 5.52. The van der Waals surface area contributed by atoms with Gasteiger partial charge in [0.1, 0.15) is 11.6 Å². The van der Waals surface area contributed by atoms with E-state index < -0.39 is 0 Å². The van der Waals surface area contributed by atoms with Crippen molar-refractivity contribution >= 4 is 41.1 Å². The van der Waals surface area contributed by atoms with Crippen molar-refractivity contribution in [3.05, 3.63) is 90.9 Å². The molecule has 2 aliphatic rings. The van der Waals surface area contributed by atoms with E-state index in [0.29, 0.717) is 34.4 Å². The number of aromatic amines is 2. The number of hydrogen-bond acceptors (Lipinski definition) is 13. The predicted molar refractivity (Wildman–Crippen MR) is 187 cm³/mol. The Hall–Kier alpha value is -4.83. The van der Waals surface area contributed by atoms with E-state index in [4.69, 9.17) is 32.7 Å².